The van der Waals surface area contributed by atoms with Crippen LogP contribution in [0.15, 0.2) is 30.7 Å². The van der Waals surface area contributed by atoms with Crippen molar-refractivity contribution in [3.63, 3.8) is 0 Å². The number of hydrogen-bond acceptors (Lipinski definition) is 9. The van der Waals surface area contributed by atoms with Crippen LogP contribution in [-0.2, 0) is 11.2 Å². The first kappa shape index (κ1) is 23.6. The van der Waals surface area contributed by atoms with Crippen molar-refractivity contribution in [3.05, 3.63) is 36.3 Å². The third-order valence-corrected chi connectivity index (χ3v) is 7.05. The predicted molar refractivity (Wildman–Crippen MR) is 134 cm³/mol. The Morgan fingerprint density at radius 3 is 2.74 bits per heavy atom. The number of piperidine rings is 1. The number of anilines is 4. The highest BCUT2D eigenvalue weighted by Gasteiger charge is 2.39. The quantitative estimate of drug-likeness (QED) is 0.527. The van der Waals surface area contributed by atoms with Gasteiger partial charge in [-0.05, 0) is 56.2 Å². The third kappa shape index (κ3) is 4.72. The second-order valence-electron chi connectivity index (χ2n) is 9.67. The number of methoxy groups -OCH3 is 1. The van der Waals surface area contributed by atoms with E-state index in [2.05, 4.69) is 32.1 Å². The van der Waals surface area contributed by atoms with Gasteiger partial charge in [0.05, 0.1) is 19.3 Å². The van der Waals surface area contributed by atoms with Gasteiger partial charge in [0.25, 0.3) is 0 Å². The van der Waals surface area contributed by atoms with Crippen molar-refractivity contribution in [2.75, 3.05) is 48.5 Å². The van der Waals surface area contributed by atoms with Crippen molar-refractivity contribution in [2.45, 2.75) is 50.9 Å². The van der Waals surface area contributed by atoms with Crippen LogP contribution in [0, 0.1) is 0 Å². The van der Waals surface area contributed by atoms with Gasteiger partial charge in [0, 0.05) is 50.2 Å². The molecule has 0 spiro atoms. The van der Waals surface area contributed by atoms with E-state index in [0.29, 0.717) is 43.2 Å². The summed E-state index contributed by atoms with van der Waals surface area (Å²) in [4.78, 5) is 22.4. The number of nitrogens with zero attached hydrogens (tertiary/aromatic N) is 6. The number of aliphatic hydroxyl groups is 1. The zero-order chi connectivity index (χ0) is 24.6. The molecule has 0 unspecified atom stereocenters. The molecule has 2 aliphatic heterocycles. The molecule has 0 amide bonds. The maximum absolute atomic E-state index is 14.7. The van der Waals surface area contributed by atoms with E-state index in [-0.39, 0.29) is 6.54 Å². The molecule has 0 aliphatic carbocycles. The van der Waals surface area contributed by atoms with Crippen LogP contribution in [0.1, 0.15) is 32.3 Å². The van der Waals surface area contributed by atoms with Crippen LogP contribution in [0.25, 0.3) is 10.8 Å². The number of nitrogens with one attached hydrogen (secondary N) is 1. The summed E-state index contributed by atoms with van der Waals surface area (Å²) < 4.78 is 20.0. The largest absolute Gasteiger partial charge is 0.390 e. The fourth-order valence-corrected chi connectivity index (χ4v) is 4.73. The topological polar surface area (TPSA) is 99.5 Å². The molecule has 186 valence electrons. The number of alkyl halides is 1. The summed E-state index contributed by atoms with van der Waals surface area (Å²) in [6.07, 6.45) is 6.71. The van der Waals surface area contributed by atoms with Crippen molar-refractivity contribution in [2.24, 2.45) is 0 Å². The van der Waals surface area contributed by atoms with Crippen LogP contribution in [0.5, 0.6) is 0 Å². The summed E-state index contributed by atoms with van der Waals surface area (Å²) in [5, 5.41) is 15.3. The highest BCUT2D eigenvalue weighted by Crippen LogP contribution is 2.34. The van der Waals surface area contributed by atoms with Crippen molar-refractivity contribution in [1.29, 1.82) is 0 Å². The molecule has 5 rings (SSSR count). The molecular formula is C25H32FN7O2. The second-order valence-corrected chi connectivity index (χ2v) is 9.67. The fraction of sp³-hybridized carbons (Fsp3) is 0.520. The Morgan fingerprint density at radius 1 is 1.17 bits per heavy atom. The van der Waals surface area contributed by atoms with Gasteiger partial charge in [-0.25, -0.2) is 19.3 Å². The minimum Gasteiger partial charge on any atom is -0.390 e. The molecule has 0 aromatic carbocycles. The molecule has 3 aromatic rings. The van der Waals surface area contributed by atoms with Crippen molar-refractivity contribution in [3.8, 4) is 0 Å². The summed E-state index contributed by atoms with van der Waals surface area (Å²) in [5.74, 6) is 2.60. The van der Waals surface area contributed by atoms with E-state index in [9.17, 15) is 9.50 Å². The van der Waals surface area contributed by atoms with Crippen LogP contribution in [0.3, 0.4) is 0 Å². The first-order chi connectivity index (χ1) is 16.9. The Labute approximate surface area is 204 Å². The maximum atomic E-state index is 14.7. The maximum Gasteiger partial charge on any atom is 0.227 e. The number of fused-ring (bicyclic) bond motifs is 1. The summed E-state index contributed by atoms with van der Waals surface area (Å²) in [7, 11) is 1.70. The van der Waals surface area contributed by atoms with E-state index >= 15 is 0 Å². The minimum absolute atomic E-state index is 0.0411. The molecule has 5 heterocycles. The van der Waals surface area contributed by atoms with Gasteiger partial charge in [-0.15, -0.1) is 0 Å². The van der Waals surface area contributed by atoms with Crippen LogP contribution in [0.2, 0.25) is 0 Å². The Balaban J connectivity index is 1.43. The molecule has 3 aromatic heterocycles. The fourth-order valence-electron chi connectivity index (χ4n) is 4.73. The lowest BCUT2D eigenvalue weighted by molar-refractivity contribution is -0.00860. The smallest absolute Gasteiger partial charge is 0.227 e. The first-order valence-corrected chi connectivity index (χ1v) is 12.1. The summed E-state index contributed by atoms with van der Waals surface area (Å²) in [6, 6.07) is 4.25. The van der Waals surface area contributed by atoms with Crippen LogP contribution < -0.4 is 15.1 Å². The third-order valence-electron chi connectivity index (χ3n) is 7.05. The summed E-state index contributed by atoms with van der Waals surface area (Å²) in [5.41, 5.74) is -0.606. The minimum atomic E-state index is -1.71. The first-order valence-electron chi connectivity index (χ1n) is 12.1. The Morgan fingerprint density at radius 2 is 2.03 bits per heavy atom. The second kappa shape index (κ2) is 9.50. The lowest BCUT2D eigenvalue weighted by Crippen LogP contribution is -2.52. The van der Waals surface area contributed by atoms with Crippen LogP contribution in [-0.4, -0.2) is 76.2 Å². The van der Waals surface area contributed by atoms with E-state index in [0.717, 1.165) is 41.5 Å². The standard InChI is InChI=1S/C25H32FN7O2/c1-16-5-10-33(16)23-19-14-28-22(12-18(19)17(13-29-23)7-11-35-3)30-21-4-8-27-24(31-21)32-9-6-20(34)25(2,26)15-32/h4,8,12-14,16,20,34H,5-7,9-11,15H2,1-3H3,(H,27,28,30,31)/t16-,20-,25+/m1/s1. The van der Waals surface area contributed by atoms with Gasteiger partial charge in [0.1, 0.15) is 17.5 Å². The van der Waals surface area contributed by atoms with E-state index in [1.54, 1.807) is 24.3 Å². The van der Waals surface area contributed by atoms with Gasteiger partial charge in [-0.1, -0.05) is 0 Å². The number of ether oxygens (including phenoxy) is 1. The van der Waals surface area contributed by atoms with Gasteiger partial charge >= 0.3 is 0 Å². The normalized spacial score (nSPS) is 24.5. The molecule has 9 nitrogen and oxygen atoms in total. The summed E-state index contributed by atoms with van der Waals surface area (Å²) >= 11 is 0. The van der Waals surface area contributed by atoms with E-state index in [1.807, 2.05) is 18.5 Å². The molecule has 2 aliphatic rings. The van der Waals surface area contributed by atoms with Crippen LogP contribution >= 0.6 is 0 Å². The number of hydrogen-bond donors (Lipinski definition) is 2. The molecule has 2 fully saturated rings. The lowest BCUT2D eigenvalue weighted by Gasteiger charge is -2.40. The molecular weight excluding hydrogens is 449 g/mol. The van der Waals surface area contributed by atoms with Crippen molar-refractivity contribution < 1.29 is 14.2 Å². The Bertz CT molecular complexity index is 1210. The number of aromatic nitrogens is 4. The highest BCUT2D eigenvalue weighted by atomic mass is 19.1. The van der Waals surface area contributed by atoms with Gasteiger partial charge in [0.2, 0.25) is 5.95 Å². The highest BCUT2D eigenvalue weighted by molar-refractivity contribution is 5.95. The van der Waals surface area contributed by atoms with E-state index in [4.69, 9.17) is 9.72 Å². The zero-order valence-electron chi connectivity index (χ0n) is 20.4. The number of aliphatic hydroxyl groups excluding tert-OH is 1. The number of rotatable bonds is 7. The SMILES string of the molecule is COCCc1cnc(N2CC[C@H]2C)c2cnc(Nc3ccnc(N4CC[C@@H](O)[C@@](C)(F)C4)n3)cc12. The molecule has 0 saturated carbocycles. The molecule has 35 heavy (non-hydrogen) atoms. The lowest BCUT2D eigenvalue weighted by atomic mass is 9.94. The predicted octanol–water partition coefficient (Wildman–Crippen LogP) is 3.25. The van der Waals surface area contributed by atoms with Gasteiger partial charge in [0.15, 0.2) is 5.67 Å². The molecule has 3 atom stereocenters. The van der Waals surface area contributed by atoms with Crippen molar-refractivity contribution >= 4 is 34.2 Å². The van der Waals surface area contributed by atoms with Gasteiger partial charge in [-0.2, -0.15) is 4.98 Å². The Hall–Kier alpha value is -3.11. The average molecular weight is 482 g/mol. The van der Waals surface area contributed by atoms with Gasteiger partial charge in [-0.3, -0.25) is 0 Å². The van der Waals surface area contributed by atoms with E-state index < -0.39 is 11.8 Å². The summed E-state index contributed by atoms with van der Waals surface area (Å²) in [6.45, 7) is 5.76. The molecule has 0 radical (unpaired) electrons. The van der Waals surface area contributed by atoms with Crippen molar-refractivity contribution in [1.82, 2.24) is 19.9 Å². The zero-order valence-corrected chi connectivity index (χ0v) is 20.4. The molecule has 2 N–H and O–H groups in total. The monoisotopic (exact) mass is 481 g/mol. The average Bonchev–Trinajstić information content (AvgIpc) is 2.84. The Kier molecular flexibility index (Phi) is 6.41. The molecule has 10 heteroatoms. The number of halogens is 1. The number of pyridine rings is 2. The van der Waals surface area contributed by atoms with E-state index in [1.165, 1.54) is 6.92 Å². The molecule has 2 saturated heterocycles. The van der Waals surface area contributed by atoms with Gasteiger partial charge < -0.3 is 25.0 Å². The van der Waals surface area contributed by atoms with Crippen LogP contribution in [0.4, 0.5) is 27.8 Å². The molecule has 0 bridgehead atoms.